The van der Waals surface area contributed by atoms with Crippen LogP contribution in [0.15, 0.2) is 43.0 Å². The second kappa shape index (κ2) is 7.04. The number of aromatic nitrogens is 2. The fraction of sp³-hybridized carbons (Fsp3) is 0.250. The number of rotatable bonds is 5. The number of aryl methyl sites for hydroxylation is 2. The molecule has 110 valence electrons. The average molecular weight is 300 g/mol. The summed E-state index contributed by atoms with van der Waals surface area (Å²) in [6, 6.07) is 10.3. The predicted molar refractivity (Wildman–Crippen MR) is 91.7 cm³/mol. The van der Waals surface area contributed by atoms with E-state index in [1.807, 2.05) is 23.7 Å². The summed E-state index contributed by atoms with van der Waals surface area (Å²) in [5.41, 5.74) is 4.39. The molecule has 0 amide bonds. The number of anilines is 1. The monoisotopic (exact) mass is 300 g/mol. The van der Waals surface area contributed by atoms with E-state index in [4.69, 9.17) is 12.2 Å². The molecule has 2 rings (SSSR count). The molecule has 0 bridgehead atoms. The summed E-state index contributed by atoms with van der Waals surface area (Å²) in [7, 11) is 0. The van der Waals surface area contributed by atoms with Crippen LogP contribution in [-0.2, 0) is 6.54 Å². The van der Waals surface area contributed by atoms with Gasteiger partial charge in [-0.25, -0.2) is 0 Å². The van der Waals surface area contributed by atoms with Crippen molar-refractivity contribution in [3.63, 3.8) is 0 Å². The number of thiocarbonyl (C=S) groups is 1. The van der Waals surface area contributed by atoms with Gasteiger partial charge < -0.3 is 10.6 Å². The summed E-state index contributed by atoms with van der Waals surface area (Å²) in [5.74, 6) is 0. The van der Waals surface area contributed by atoms with Gasteiger partial charge in [-0.3, -0.25) is 4.68 Å². The third-order valence-electron chi connectivity index (χ3n) is 3.05. The van der Waals surface area contributed by atoms with Crippen molar-refractivity contribution in [2.45, 2.75) is 20.4 Å². The second-order valence-electron chi connectivity index (χ2n) is 4.91. The van der Waals surface area contributed by atoms with Crippen LogP contribution in [0.5, 0.6) is 0 Å². The molecular weight excluding hydrogens is 280 g/mol. The van der Waals surface area contributed by atoms with Gasteiger partial charge in [0.1, 0.15) is 0 Å². The van der Waals surface area contributed by atoms with Crippen LogP contribution >= 0.6 is 12.2 Å². The third kappa shape index (κ3) is 4.43. The molecule has 0 spiro atoms. The lowest BCUT2D eigenvalue weighted by molar-refractivity contribution is 0.659. The first kappa shape index (κ1) is 15.3. The second-order valence-corrected chi connectivity index (χ2v) is 5.31. The van der Waals surface area contributed by atoms with Crippen LogP contribution in [0.1, 0.15) is 17.0 Å². The molecule has 0 unspecified atom stereocenters. The highest BCUT2D eigenvalue weighted by Crippen LogP contribution is 2.12. The van der Waals surface area contributed by atoms with E-state index in [2.05, 4.69) is 47.4 Å². The molecule has 1 aromatic carbocycles. The Hall–Kier alpha value is -2.14. The van der Waals surface area contributed by atoms with Gasteiger partial charge in [-0.15, -0.1) is 6.58 Å². The molecule has 5 heteroatoms. The zero-order chi connectivity index (χ0) is 15.2. The lowest BCUT2D eigenvalue weighted by atomic mass is 10.2. The molecule has 0 atom stereocenters. The quantitative estimate of drug-likeness (QED) is 0.658. The molecule has 0 fully saturated rings. The molecule has 0 saturated carbocycles. The van der Waals surface area contributed by atoms with Crippen molar-refractivity contribution in [2.75, 3.05) is 11.9 Å². The molecule has 21 heavy (non-hydrogen) atoms. The Morgan fingerprint density at radius 1 is 1.33 bits per heavy atom. The van der Waals surface area contributed by atoms with Crippen molar-refractivity contribution in [1.82, 2.24) is 15.1 Å². The predicted octanol–water partition coefficient (Wildman–Crippen LogP) is 3.02. The first-order chi connectivity index (χ1) is 10.1. The lowest BCUT2D eigenvalue weighted by Crippen LogP contribution is -2.28. The Labute approximate surface area is 130 Å². The number of hydrogen-bond donors (Lipinski definition) is 2. The van der Waals surface area contributed by atoms with Gasteiger partial charge in [0, 0.05) is 17.9 Å². The summed E-state index contributed by atoms with van der Waals surface area (Å²) in [4.78, 5) is 0. The molecule has 1 aromatic heterocycles. The van der Waals surface area contributed by atoms with Crippen molar-refractivity contribution >= 4 is 23.0 Å². The normalized spacial score (nSPS) is 10.2. The van der Waals surface area contributed by atoms with Gasteiger partial charge in [0.2, 0.25) is 0 Å². The topological polar surface area (TPSA) is 41.9 Å². The van der Waals surface area contributed by atoms with Gasteiger partial charge in [0.25, 0.3) is 0 Å². The number of nitrogens with one attached hydrogen (secondary N) is 2. The van der Waals surface area contributed by atoms with Gasteiger partial charge >= 0.3 is 0 Å². The Kier molecular flexibility index (Phi) is 5.11. The Morgan fingerprint density at radius 3 is 2.62 bits per heavy atom. The minimum Gasteiger partial charge on any atom is -0.359 e. The third-order valence-corrected chi connectivity index (χ3v) is 3.30. The Morgan fingerprint density at radius 2 is 2.05 bits per heavy atom. The molecule has 0 radical (unpaired) electrons. The summed E-state index contributed by atoms with van der Waals surface area (Å²) in [6.07, 6.45) is 1.77. The van der Waals surface area contributed by atoms with Crippen molar-refractivity contribution in [3.8, 4) is 0 Å². The largest absolute Gasteiger partial charge is 0.359 e. The maximum atomic E-state index is 5.18. The summed E-state index contributed by atoms with van der Waals surface area (Å²) in [5, 5.41) is 11.2. The highest BCUT2D eigenvalue weighted by Gasteiger charge is 2.02. The summed E-state index contributed by atoms with van der Waals surface area (Å²) >= 11 is 5.18. The maximum Gasteiger partial charge on any atom is 0.171 e. The van der Waals surface area contributed by atoms with Gasteiger partial charge in [0.15, 0.2) is 5.11 Å². The molecule has 2 aromatic rings. The fourth-order valence-electron chi connectivity index (χ4n) is 2.04. The van der Waals surface area contributed by atoms with E-state index in [-0.39, 0.29) is 0 Å². The fourth-order valence-corrected chi connectivity index (χ4v) is 2.24. The minimum atomic E-state index is 0.598. The van der Waals surface area contributed by atoms with E-state index < -0.39 is 0 Å². The van der Waals surface area contributed by atoms with E-state index in [9.17, 15) is 0 Å². The van der Waals surface area contributed by atoms with Gasteiger partial charge in [-0.1, -0.05) is 18.2 Å². The zero-order valence-electron chi connectivity index (χ0n) is 12.4. The summed E-state index contributed by atoms with van der Waals surface area (Å²) < 4.78 is 2.01. The van der Waals surface area contributed by atoms with Gasteiger partial charge in [-0.2, -0.15) is 5.10 Å². The van der Waals surface area contributed by atoms with Crippen molar-refractivity contribution in [3.05, 3.63) is 59.9 Å². The van der Waals surface area contributed by atoms with Gasteiger partial charge in [0.05, 0.1) is 12.2 Å². The SMILES string of the molecule is C=CCNC(=S)Nc1ccc(Cn2nc(C)cc2C)cc1. The summed E-state index contributed by atoms with van der Waals surface area (Å²) in [6.45, 7) is 9.15. The number of nitrogens with zero attached hydrogens (tertiary/aromatic N) is 2. The van der Waals surface area contributed by atoms with E-state index >= 15 is 0 Å². The van der Waals surface area contributed by atoms with E-state index in [1.165, 1.54) is 11.3 Å². The molecule has 1 heterocycles. The zero-order valence-corrected chi connectivity index (χ0v) is 13.2. The van der Waals surface area contributed by atoms with Crippen LogP contribution in [0.3, 0.4) is 0 Å². The molecule has 4 nitrogen and oxygen atoms in total. The van der Waals surface area contributed by atoms with Crippen molar-refractivity contribution in [2.24, 2.45) is 0 Å². The highest BCUT2D eigenvalue weighted by molar-refractivity contribution is 7.80. The van der Waals surface area contributed by atoms with Gasteiger partial charge in [-0.05, 0) is 49.8 Å². The number of hydrogen-bond acceptors (Lipinski definition) is 2. The average Bonchev–Trinajstić information content (AvgIpc) is 2.77. The lowest BCUT2D eigenvalue weighted by Gasteiger charge is -2.10. The Balaban J connectivity index is 1.97. The van der Waals surface area contributed by atoms with Crippen molar-refractivity contribution in [1.29, 1.82) is 0 Å². The highest BCUT2D eigenvalue weighted by atomic mass is 32.1. The smallest absolute Gasteiger partial charge is 0.171 e. The number of benzene rings is 1. The molecule has 0 aliphatic carbocycles. The minimum absolute atomic E-state index is 0.598. The van der Waals surface area contributed by atoms with Crippen molar-refractivity contribution < 1.29 is 0 Å². The molecular formula is C16H20N4S. The first-order valence-corrected chi connectivity index (χ1v) is 7.25. The standard InChI is InChI=1S/C16H20N4S/c1-4-9-17-16(21)18-15-7-5-14(6-8-15)11-20-13(3)10-12(2)19-20/h4-8,10H,1,9,11H2,2-3H3,(H2,17,18,21). The van der Waals surface area contributed by atoms with E-state index in [0.717, 1.165) is 17.9 Å². The van der Waals surface area contributed by atoms with E-state index in [1.54, 1.807) is 6.08 Å². The van der Waals surface area contributed by atoms with E-state index in [0.29, 0.717) is 11.7 Å². The van der Waals surface area contributed by atoms with Crippen LogP contribution in [0.25, 0.3) is 0 Å². The first-order valence-electron chi connectivity index (χ1n) is 6.84. The molecule has 2 N–H and O–H groups in total. The van der Waals surface area contributed by atoms with Crippen LogP contribution < -0.4 is 10.6 Å². The molecule has 0 aliphatic rings. The molecule has 0 aliphatic heterocycles. The van der Waals surface area contributed by atoms with Crippen LogP contribution in [-0.4, -0.2) is 21.4 Å². The Bertz CT molecular complexity index is 628. The van der Waals surface area contributed by atoms with Crippen LogP contribution in [0.2, 0.25) is 0 Å². The molecule has 0 saturated heterocycles. The van der Waals surface area contributed by atoms with Crippen LogP contribution in [0.4, 0.5) is 5.69 Å². The maximum absolute atomic E-state index is 5.18. The van der Waals surface area contributed by atoms with Crippen LogP contribution in [0, 0.1) is 13.8 Å².